The first kappa shape index (κ1) is 20.9. The van der Waals surface area contributed by atoms with Crippen molar-refractivity contribution < 1.29 is 14.3 Å². The first-order valence-corrected chi connectivity index (χ1v) is 11.0. The predicted molar refractivity (Wildman–Crippen MR) is 125 cm³/mol. The van der Waals surface area contributed by atoms with E-state index in [2.05, 4.69) is 0 Å². The van der Waals surface area contributed by atoms with E-state index < -0.39 is 0 Å². The number of ether oxygens (including phenoxy) is 1. The van der Waals surface area contributed by atoms with Crippen LogP contribution < -0.4 is 9.64 Å². The molecule has 0 atom stereocenters. The minimum atomic E-state index is -0.334. The minimum Gasteiger partial charge on any atom is -0.492 e. The van der Waals surface area contributed by atoms with Crippen LogP contribution in [0.1, 0.15) is 23.6 Å². The van der Waals surface area contributed by atoms with Crippen LogP contribution in [0.5, 0.6) is 5.75 Å². The zero-order chi connectivity index (χ0) is 22.0. The van der Waals surface area contributed by atoms with Gasteiger partial charge in [-0.25, -0.2) is 4.90 Å². The summed E-state index contributed by atoms with van der Waals surface area (Å²) in [6.07, 6.45) is 0. The Kier molecular flexibility index (Phi) is 5.96. The molecule has 0 fully saturated rings. The van der Waals surface area contributed by atoms with Crippen LogP contribution in [0, 0.1) is 13.8 Å². The number of imide groups is 1. The Morgan fingerprint density at radius 2 is 1.55 bits per heavy atom. The van der Waals surface area contributed by atoms with Gasteiger partial charge in [0.25, 0.3) is 11.8 Å². The van der Waals surface area contributed by atoms with E-state index in [0.29, 0.717) is 28.5 Å². The van der Waals surface area contributed by atoms with E-state index in [4.69, 9.17) is 4.74 Å². The van der Waals surface area contributed by atoms with Crippen molar-refractivity contribution in [2.24, 2.45) is 0 Å². The fourth-order valence-corrected chi connectivity index (χ4v) is 4.52. The number of para-hydroxylation sites is 2. The molecule has 0 bridgehead atoms. The second kappa shape index (κ2) is 8.82. The van der Waals surface area contributed by atoms with Crippen molar-refractivity contribution in [3.63, 3.8) is 0 Å². The fourth-order valence-electron chi connectivity index (χ4n) is 3.50. The number of benzene rings is 3. The number of amides is 2. The molecule has 4 nitrogen and oxygen atoms in total. The monoisotopic (exact) mass is 429 g/mol. The Hall–Kier alpha value is -3.31. The van der Waals surface area contributed by atoms with Crippen LogP contribution in [-0.4, -0.2) is 18.4 Å². The van der Waals surface area contributed by atoms with Crippen molar-refractivity contribution in [1.29, 1.82) is 0 Å². The molecule has 4 rings (SSSR count). The Bertz CT molecular complexity index is 1180. The number of rotatable bonds is 6. The first-order chi connectivity index (χ1) is 15.0. The van der Waals surface area contributed by atoms with Gasteiger partial charge in [0.15, 0.2) is 0 Å². The van der Waals surface area contributed by atoms with E-state index in [1.54, 1.807) is 18.2 Å². The fraction of sp³-hybridized carbons (Fsp3) is 0.154. The number of nitrogens with zero attached hydrogens (tertiary/aromatic N) is 1. The molecule has 5 heteroatoms. The second-order valence-electron chi connectivity index (χ2n) is 7.26. The summed E-state index contributed by atoms with van der Waals surface area (Å²) >= 11 is 1.32. The molecule has 156 valence electrons. The summed E-state index contributed by atoms with van der Waals surface area (Å²) in [6, 6.07) is 22.6. The number of thioether (sulfide) groups is 1. The quantitative estimate of drug-likeness (QED) is 0.466. The highest BCUT2D eigenvalue weighted by atomic mass is 32.2. The SMILES string of the molecule is CCOc1ccccc1N1C(=O)C(Sc2ccccc2)=C(c2ccc(C)c(C)c2)C1=O. The third-order valence-corrected chi connectivity index (χ3v) is 6.30. The Morgan fingerprint density at radius 1 is 0.839 bits per heavy atom. The zero-order valence-corrected chi connectivity index (χ0v) is 18.5. The maximum absolute atomic E-state index is 13.6. The maximum Gasteiger partial charge on any atom is 0.273 e. The van der Waals surface area contributed by atoms with Gasteiger partial charge in [-0.1, -0.05) is 60.3 Å². The summed E-state index contributed by atoms with van der Waals surface area (Å²) in [4.78, 5) is 29.8. The Balaban J connectivity index is 1.85. The van der Waals surface area contributed by atoms with Crippen LogP contribution in [0.4, 0.5) is 5.69 Å². The molecule has 3 aromatic carbocycles. The topological polar surface area (TPSA) is 46.6 Å². The Morgan fingerprint density at radius 3 is 2.26 bits per heavy atom. The van der Waals surface area contributed by atoms with E-state index in [0.717, 1.165) is 21.6 Å². The van der Waals surface area contributed by atoms with Gasteiger partial charge in [-0.2, -0.15) is 0 Å². The van der Waals surface area contributed by atoms with Crippen LogP contribution in [0.2, 0.25) is 0 Å². The summed E-state index contributed by atoms with van der Waals surface area (Å²) in [7, 11) is 0. The molecule has 0 aliphatic carbocycles. The summed E-state index contributed by atoms with van der Waals surface area (Å²) in [5.41, 5.74) is 3.84. The van der Waals surface area contributed by atoms with Gasteiger partial charge in [-0.05, 0) is 61.7 Å². The van der Waals surface area contributed by atoms with Gasteiger partial charge in [-0.3, -0.25) is 9.59 Å². The molecule has 1 aliphatic heterocycles. The normalized spacial score (nSPS) is 13.8. The highest BCUT2D eigenvalue weighted by Crippen LogP contribution is 2.43. The molecule has 1 aliphatic rings. The second-order valence-corrected chi connectivity index (χ2v) is 8.35. The molecule has 0 unspecified atom stereocenters. The third-order valence-electron chi connectivity index (χ3n) is 5.21. The standard InChI is InChI=1S/C26H23NO3S/c1-4-30-22-13-9-8-12-21(22)27-25(28)23(19-15-14-17(2)18(3)16-19)24(26(27)29)31-20-10-6-5-7-11-20/h5-16H,4H2,1-3H3. The van der Waals surface area contributed by atoms with Crippen molar-refractivity contribution in [2.75, 3.05) is 11.5 Å². The number of carbonyl (C=O) groups excluding carboxylic acids is 2. The lowest BCUT2D eigenvalue weighted by molar-refractivity contribution is -0.119. The van der Waals surface area contributed by atoms with Crippen LogP contribution in [-0.2, 0) is 9.59 Å². The van der Waals surface area contributed by atoms with Gasteiger partial charge in [0.2, 0.25) is 0 Å². The van der Waals surface area contributed by atoms with Crippen molar-refractivity contribution in [3.8, 4) is 5.75 Å². The van der Waals surface area contributed by atoms with E-state index in [-0.39, 0.29) is 11.8 Å². The predicted octanol–water partition coefficient (Wildman–Crippen LogP) is 5.78. The van der Waals surface area contributed by atoms with Gasteiger partial charge < -0.3 is 4.74 Å². The van der Waals surface area contributed by atoms with E-state index >= 15 is 0 Å². The molecule has 0 N–H and O–H groups in total. The summed E-state index contributed by atoms with van der Waals surface area (Å²) in [5.74, 6) is -0.157. The molecule has 3 aromatic rings. The molecule has 31 heavy (non-hydrogen) atoms. The molecule has 2 amide bonds. The highest BCUT2D eigenvalue weighted by Gasteiger charge is 2.41. The van der Waals surface area contributed by atoms with Crippen molar-refractivity contribution in [1.82, 2.24) is 0 Å². The van der Waals surface area contributed by atoms with Crippen molar-refractivity contribution in [3.05, 3.63) is 94.4 Å². The van der Waals surface area contributed by atoms with Crippen molar-refractivity contribution in [2.45, 2.75) is 25.7 Å². The van der Waals surface area contributed by atoms with Gasteiger partial charge >= 0.3 is 0 Å². The largest absolute Gasteiger partial charge is 0.492 e. The summed E-state index contributed by atoms with van der Waals surface area (Å²) in [5, 5.41) is 0. The molecular formula is C26H23NO3S. The Labute approximate surface area is 186 Å². The summed E-state index contributed by atoms with van der Waals surface area (Å²) in [6.45, 7) is 6.35. The number of anilines is 1. The van der Waals surface area contributed by atoms with E-state index in [9.17, 15) is 9.59 Å². The van der Waals surface area contributed by atoms with Crippen LogP contribution >= 0.6 is 11.8 Å². The van der Waals surface area contributed by atoms with E-state index in [1.165, 1.54) is 16.7 Å². The summed E-state index contributed by atoms with van der Waals surface area (Å²) < 4.78 is 5.70. The van der Waals surface area contributed by atoms with Crippen LogP contribution in [0.15, 0.2) is 82.6 Å². The zero-order valence-electron chi connectivity index (χ0n) is 17.7. The maximum atomic E-state index is 13.6. The smallest absolute Gasteiger partial charge is 0.273 e. The van der Waals surface area contributed by atoms with E-state index in [1.807, 2.05) is 75.4 Å². The number of hydrogen-bond acceptors (Lipinski definition) is 4. The highest BCUT2D eigenvalue weighted by molar-refractivity contribution is 8.04. The van der Waals surface area contributed by atoms with Gasteiger partial charge in [-0.15, -0.1) is 0 Å². The molecule has 0 saturated heterocycles. The van der Waals surface area contributed by atoms with Crippen molar-refractivity contribution >= 4 is 34.8 Å². The molecule has 0 spiro atoms. The van der Waals surface area contributed by atoms with Gasteiger partial charge in [0, 0.05) is 4.90 Å². The molecule has 0 saturated carbocycles. The molecule has 0 aromatic heterocycles. The molecule has 0 radical (unpaired) electrons. The molecular weight excluding hydrogens is 406 g/mol. The third kappa shape index (κ3) is 4.01. The van der Waals surface area contributed by atoms with Gasteiger partial charge in [0.1, 0.15) is 5.75 Å². The average Bonchev–Trinajstić information content (AvgIpc) is 3.01. The van der Waals surface area contributed by atoms with Crippen LogP contribution in [0.3, 0.4) is 0 Å². The lowest BCUT2D eigenvalue weighted by atomic mass is 10.0. The lowest BCUT2D eigenvalue weighted by Gasteiger charge is -2.19. The minimum absolute atomic E-state index is 0.334. The lowest BCUT2D eigenvalue weighted by Crippen LogP contribution is -2.31. The first-order valence-electron chi connectivity index (χ1n) is 10.2. The van der Waals surface area contributed by atoms with Crippen LogP contribution in [0.25, 0.3) is 5.57 Å². The number of aryl methyl sites for hydroxylation is 2. The number of hydrogen-bond donors (Lipinski definition) is 0. The van der Waals surface area contributed by atoms with Gasteiger partial charge in [0.05, 0.1) is 22.8 Å². The molecule has 1 heterocycles. The number of carbonyl (C=O) groups is 2. The average molecular weight is 430 g/mol.